The monoisotopic (exact) mass is 270 g/mol. The summed E-state index contributed by atoms with van der Waals surface area (Å²) in [5.74, 6) is 0. The van der Waals surface area contributed by atoms with Gasteiger partial charge >= 0.3 is 6.18 Å². The van der Waals surface area contributed by atoms with Crippen molar-refractivity contribution in [1.29, 1.82) is 5.26 Å². The van der Waals surface area contributed by atoms with Gasteiger partial charge in [-0.2, -0.15) is 18.4 Å². The molecule has 0 aromatic heterocycles. The number of nitriles is 1. The van der Waals surface area contributed by atoms with Crippen molar-refractivity contribution >= 4 is 5.69 Å². The molecule has 1 aliphatic rings. The number of hydrogen-bond acceptors (Lipinski definition) is 3. The lowest BCUT2D eigenvalue weighted by Crippen LogP contribution is -2.20. The molecule has 0 radical (unpaired) electrons. The van der Waals surface area contributed by atoms with Crippen LogP contribution in [0.2, 0.25) is 0 Å². The summed E-state index contributed by atoms with van der Waals surface area (Å²) in [5, 5.41) is 11.4. The molecular formula is C13H13F3N2O. The smallest absolute Gasteiger partial charge is 0.382 e. The number of rotatable bonds is 3. The Hall–Kier alpha value is -1.74. The van der Waals surface area contributed by atoms with E-state index in [9.17, 15) is 13.2 Å². The molecule has 1 saturated heterocycles. The highest BCUT2D eigenvalue weighted by Gasteiger charge is 2.34. The van der Waals surface area contributed by atoms with Crippen LogP contribution in [0, 0.1) is 11.3 Å². The number of halogens is 3. The second-order valence-corrected chi connectivity index (χ2v) is 4.39. The van der Waals surface area contributed by atoms with Crippen LogP contribution in [0.1, 0.15) is 24.0 Å². The first-order valence-electron chi connectivity index (χ1n) is 5.97. The van der Waals surface area contributed by atoms with Gasteiger partial charge in [-0.1, -0.05) is 0 Å². The van der Waals surface area contributed by atoms with Crippen LogP contribution < -0.4 is 5.32 Å². The van der Waals surface area contributed by atoms with E-state index in [1.165, 1.54) is 12.1 Å². The molecule has 1 N–H and O–H groups in total. The van der Waals surface area contributed by atoms with Crippen molar-refractivity contribution in [3.8, 4) is 6.07 Å². The minimum absolute atomic E-state index is 0.00464. The second kappa shape index (κ2) is 5.49. The zero-order valence-corrected chi connectivity index (χ0v) is 10.1. The summed E-state index contributed by atoms with van der Waals surface area (Å²) in [4.78, 5) is 0. The number of ether oxygens (including phenoxy) is 1. The predicted octanol–water partition coefficient (Wildman–Crippen LogP) is 3.17. The summed E-state index contributed by atoms with van der Waals surface area (Å²) < 4.78 is 44.0. The Morgan fingerprint density at radius 3 is 2.79 bits per heavy atom. The van der Waals surface area contributed by atoms with E-state index in [1.807, 2.05) is 0 Å². The molecular weight excluding hydrogens is 257 g/mol. The van der Waals surface area contributed by atoms with E-state index in [2.05, 4.69) is 5.32 Å². The SMILES string of the molecule is N#Cc1ccc(NC[C@H]2CCCO2)c(C(F)(F)F)c1. The lowest BCUT2D eigenvalue weighted by atomic mass is 10.1. The minimum Gasteiger partial charge on any atom is -0.382 e. The molecule has 6 heteroatoms. The van der Waals surface area contributed by atoms with Gasteiger partial charge in [-0.05, 0) is 31.0 Å². The highest BCUT2D eigenvalue weighted by Crippen LogP contribution is 2.35. The van der Waals surface area contributed by atoms with Crippen molar-refractivity contribution in [3.63, 3.8) is 0 Å². The first kappa shape index (κ1) is 13.7. The Kier molecular flexibility index (Phi) is 3.96. The van der Waals surface area contributed by atoms with Gasteiger partial charge in [0.25, 0.3) is 0 Å². The highest BCUT2D eigenvalue weighted by atomic mass is 19.4. The third-order valence-electron chi connectivity index (χ3n) is 3.00. The van der Waals surface area contributed by atoms with Gasteiger partial charge in [-0.3, -0.25) is 0 Å². The normalized spacial score (nSPS) is 19.2. The summed E-state index contributed by atoms with van der Waals surface area (Å²) >= 11 is 0. The zero-order valence-electron chi connectivity index (χ0n) is 10.1. The van der Waals surface area contributed by atoms with Crippen molar-refractivity contribution in [2.45, 2.75) is 25.1 Å². The van der Waals surface area contributed by atoms with Crippen molar-refractivity contribution in [3.05, 3.63) is 29.3 Å². The van der Waals surface area contributed by atoms with Gasteiger partial charge in [-0.15, -0.1) is 0 Å². The first-order chi connectivity index (χ1) is 9.00. The largest absolute Gasteiger partial charge is 0.418 e. The van der Waals surface area contributed by atoms with E-state index >= 15 is 0 Å². The van der Waals surface area contributed by atoms with Crippen LogP contribution in [-0.4, -0.2) is 19.3 Å². The summed E-state index contributed by atoms with van der Waals surface area (Å²) in [7, 11) is 0. The maximum atomic E-state index is 12.9. The van der Waals surface area contributed by atoms with Gasteiger partial charge in [-0.25, -0.2) is 0 Å². The topological polar surface area (TPSA) is 45.0 Å². The molecule has 1 aliphatic heterocycles. The number of anilines is 1. The molecule has 0 saturated carbocycles. The lowest BCUT2D eigenvalue weighted by molar-refractivity contribution is -0.137. The quantitative estimate of drug-likeness (QED) is 0.917. The Bertz CT molecular complexity index is 488. The average molecular weight is 270 g/mol. The molecule has 1 aromatic carbocycles. The number of alkyl halides is 3. The summed E-state index contributed by atoms with van der Waals surface area (Å²) in [5.41, 5.74) is -0.832. The van der Waals surface area contributed by atoms with Crippen LogP contribution in [0.25, 0.3) is 0 Å². The standard InChI is InChI=1S/C13H13F3N2O/c14-13(15,16)11-6-9(7-17)3-4-12(11)18-8-10-2-1-5-19-10/h3-4,6,10,18H,1-2,5,8H2/t10-/m1/s1. The molecule has 0 spiro atoms. The Balaban J connectivity index is 2.16. The van der Waals surface area contributed by atoms with Crippen LogP contribution in [-0.2, 0) is 10.9 Å². The molecule has 0 aliphatic carbocycles. The van der Waals surface area contributed by atoms with E-state index in [1.54, 1.807) is 6.07 Å². The maximum Gasteiger partial charge on any atom is 0.418 e. The number of benzene rings is 1. The second-order valence-electron chi connectivity index (χ2n) is 4.39. The maximum absolute atomic E-state index is 12.9. The minimum atomic E-state index is -4.48. The summed E-state index contributed by atoms with van der Waals surface area (Å²) in [6.45, 7) is 1.00. The molecule has 0 bridgehead atoms. The fourth-order valence-electron chi connectivity index (χ4n) is 2.03. The molecule has 0 unspecified atom stereocenters. The highest BCUT2D eigenvalue weighted by molar-refractivity contribution is 5.56. The molecule has 102 valence electrons. The first-order valence-corrected chi connectivity index (χ1v) is 5.97. The molecule has 1 atom stereocenters. The number of nitrogens with zero attached hydrogens (tertiary/aromatic N) is 1. The lowest BCUT2D eigenvalue weighted by Gasteiger charge is -2.17. The zero-order chi connectivity index (χ0) is 13.9. The van der Waals surface area contributed by atoms with Gasteiger partial charge in [0.15, 0.2) is 0 Å². The van der Waals surface area contributed by atoms with Crippen molar-refractivity contribution in [1.82, 2.24) is 0 Å². The molecule has 1 aromatic rings. The Morgan fingerprint density at radius 1 is 1.42 bits per heavy atom. The average Bonchev–Trinajstić information content (AvgIpc) is 2.88. The van der Waals surface area contributed by atoms with Crippen LogP contribution >= 0.6 is 0 Å². The van der Waals surface area contributed by atoms with Gasteiger partial charge < -0.3 is 10.1 Å². The van der Waals surface area contributed by atoms with Gasteiger partial charge in [0.05, 0.1) is 23.3 Å². The van der Waals surface area contributed by atoms with Crippen LogP contribution in [0.5, 0.6) is 0 Å². The van der Waals surface area contributed by atoms with Crippen LogP contribution in [0.4, 0.5) is 18.9 Å². The van der Waals surface area contributed by atoms with Crippen LogP contribution in [0.3, 0.4) is 0 Å². The van der Waals surface area contributed by atoms with E-state index < -0.39 is 11.7 Å². The molecule has 1 fully saturated rings. The van der Waals surface area contributed by atoms with E-state index in [4.69, 9.17) is 10.00 Å². The Morgan fingerprint density at radius 2 is 2.21 bits per heavy atom. The third kappa shape index (κ3) is 3.38. The number of hydrogen-bond donors (Lipinski definition) is 1. The van der Waals surface area contributed by atoms with E-state index in [0.29, 0.717) is 13.2 Å². The summed E-state index contributed by atoms with van der Waals surface area (Å²) in [6.07, 6.45) is -2.74. The predicted molar refractivity (Wildman–Crippen MR) is 63.6 cm³/mol. The summed E-state index contributed by atoms with van der Waals surface area (Å²) in [6, 6.07) is 5.23. The van der Waals surface area contributed by atoms with Crippen molar-refractivity contribution < 1.29 is 17.9 Å². The third-order valence-corrected chi connectivity index (χ3v) is 3.00. The fourth-order valence-corrected chi connectivity index (χ4v) is 2.03. The molecule has 19 heavy (non-hydrogen) atoms. The van der Waals surface area contributed by atoms with Gasteiger partial charge in [0, 0.05) is 18.8 Å². The van der Waals surface area contributed by atoms with E-state index in [0.717, 1.165) is 18.9 Å². The van der Waals surface area contributed by atoms with Crippen molar-refractivity contribution in [2.24, 2.45) is 0 Å². The Labute approximate surface area is 109 Å². The van der Waals surface area contributed by atoms with Gasteiger partial charge in [0.1, 0.15) is 0 Å². The molecule has 2 rings (SSSR count). The molecule has 1 heterocycles. The van der Waals surface area contributed by atoms with Gasteiger partial charge in [0.2, 0.25) is 0 Å². The van der Waals surface area contributed by atoms with Crippen LogP contribution in [0.15, 0.2) is 18.2 Å². The number of nitrogens with one attached hydrogen (secondary N) is 1. The van der Waals surface area contributed by atoms with E-state index in [-0.39, 0.29) is 17.4 Å². The molecule has 0 amide bonds. The fraction of sp³-hybridized carbons (Fsp3) is 0.462. The molecule has 3 nitrogen and oxygen atoms in total. The van der Waals surface area contributed by atoms with Crippen molar-refractivity contribution in [2.75, 3.05) is 18.5 Å².